The molecule has 0 aromatic rings. The number of rotatable bonds is 7. The molecule has 18 heavy (non-hydrogen) atoms. The molecule has 0 aromatic heterocycles. The van der Waals surface area contributed by atoms with Crippen LogP contribution >= 0.6 is 0 Å². The zero-order valence-corrected chi connectivity index (χ0v) is 12.8. The minimum Gasteiger partial charge on any atom is -0.316 e. The average molecular weight is 276 g/mol. The van der Waals surface area contributed by atoms with Crippen LogP contribution in [0.3, 0.4) is 0 Å². The molecule has 4 nitrogen and oxygen atoms in total. The summed E-state index contributed by atoms with van der Waals surface area (Å²) in [5.74, 6) is 1.66. The lowest BCUT2D eigenvalue weighted by Gasteiger charge is -2.32. The van der Waals surface area contributed by atoms with Gasteiger partial charge in [-0.25, -0.2) is 8.42 Å². The Bertz CT molecular complexity index is 328. The largest absolute Gasteiger partial charge is 0.316 e. The Morgan fingerprint density at radius 1 is 1.39 bits per heavy atom. The van der Waals surface area contributed by atoms with Crippen molar-refractivity contribution in [1.82, 2.24) is 10.2 Å². The maximum Gasteiger partial charge on any atom is 0.148 e. The van der Waals surface area contributed by atoms with Crippen LogP contribution in [0, 0.1) is 11.8 Å². The SMILES string of the molecule is CC(C)CNCC1CCCN(CCS(C)(=O)=O)C1. The highest BCUT2D eigenvalue weighted by atomic mass is 32.2. The smallest absolute Gasteiger partial charge is 0.148 e. The van der Waals surface area contributed by atoms with Gasteiger partial charge in [-0.3, -0.25) is 0 Å². The summed E-state index contributed by atoms with van der Waals surface area (Å²) in [5.41, 5.74) is 0. The van der Waals surface area contributed by atoms with Crippen LogP contribution in [0.2, 0.25) is 0 Å². The molecule has 0 aliphatic carbocycles. The van der Waals surface area contributed by atoms with Crippen LogP contribution in [-0.2, 0) is 9.84 Å². The predicted octanol–water partition coefficient (Wildman–Crippen LogP) is 0.989. The fourth-order valence-corrected chi connectivity index (χ4v) is 2.98. The van der Waals surface area contributed by atoms with Gasteiger partial charge in [-0.1, -0.05) is 13.8 Å². The number of sulfone groups is 1. The molecule has 1 aliphatic rings. The van der Waals surface area contributed by atoms with Crippen molar-refractivity contribution in [2.24, 2.45) is 11.8 Å². The van der Waals surface area contributed by atoms with E-state index in [2.05, 4.69) is 24.1 Å². The molecule has 0 spiro atoms. The third-order valence-corrected chi connectivity index (χ3v) is 4.29. The first kappa shape index (κ1) is 15.9. The molecule has 1 atom stereocenters. The number of piperidine rings is 1. The van der Waals surface area contributed by atoms with Crippen LogP contribution in [0.1, 0.15) is 26.7 Å². The molecule has 1 unspecified atom stereocenters. The van der Waals surface area contributed by atoms with Gasteiger partial charge in [0.15, 0.2) is 0 Å². The molecule has 1 heterocycles. The third-order valence-electron chi connectivity index (χ3n) is 3.37. The van der Waals surface area contributed by atoms with Gasteiger partial charge in [0.05, 0.1) is 5.75 Å². The van der Waals surface area contributed by atoms with Gasteiger partial charge in [-0.15, -0.1) is 0 Å². The second kappa shape index (κ2) is 7.46. The molecule has 1 aliphatic heterocycles. The second-order valence-electron chi connectivity index (χ2n) is 5.99. The molecule has 0 aromatic carbocycles. The van der Waals surface area contributed by atoms with E-state index in [1.165, 1.54) is 19.1 Å². The standard InChI is InChI=1S/C13H28N2O2S/c1-12(2)9-14-10-13-5-4-6-15(11-13)7-8-18(3,16)17/h12-14H,4-11H2,1-3H3. The van der Waals surface area contributed by atoms with Gasteiger partial charge in [0, 0.05) is 19.3 Å². The number of likely N-dealkylation sites (tertiary alicyclic amines) is 1. The van der Waals surface area contributed by atoms with E-state index in [4.69, 9.17) is 0 Å². The highest BCUT2D eigenvalue weighted by molar-refractivity contribution is 7.90. The molecule has 1 rings (SSSR count). The minimum atomic E-state index is -2.83. The lowest BCUT2D eigenvalue weighted by atomic mass is 9.98. The topological polar surface area (TPSA) is 49.4 Å². The molecular formula is C13H28N2O2S. The molecule has 1 fully saturated rings. The van der Waals surface area contributed by atoms with Crippen molar-refractivity contribution in [2.75, 3.05) is 44.7 Å². The first-order valence-corrected chi connectivity index (χ1v) is 9.03. The Labute approximate surface area is 112 Å². The third kappa shape index (κ3) is 7.34. The lowest BCUT2D eigenvalue weighted by molar-refractivity contribution is 0.180. The highest BCUT2D eigenvalue weighted by Gasteiger charge is 2.20. The average Bonchev–Trinajstić information content (AvgIpc) is 2.26. The van der Waals surface area contributed by atoms with Crippen molar-refractivity contribution >= 4 is 9.84 Å². The molecule has 1 N–H and O–H groups in total. The van der Waals surface area contributed by atoms with Crippen LogP contribution in [0.25, 0.3) is 0 Å². The van der Waals surface area contributed by atoms with Crippen molar-refractivity contribution in [3.8, 4) is 0 Å². The molecule has 0 amide bonds. The van der Waals surface area contributed by atoms with Crippen molar-refractivity contribution < 1.29 is 8.42 Å². The van der Waals surface area contributed by atoms with Crippen LogP contribution in [0.4, 0.5) is 0 Å². The quantitative estimate of drug-likeness (QED) is 0.753. The van der Waals surface area contributed by atoms with Crippen LogP contribution < -0.4 is 5.32 Å². The van der Waals surface area contributed by atoms with Gasteiger partial charge >= 0.3 is 0 Å². The second-order valence-corrected chi connectivity index (χ2v) is 8.25. The van der Waals surface area contributed by atoms with Crippen molar-refractivity contribution in [3.05, 3.63) is 0 Å². The number of hydrogen-bond acceptors (Lipinski definition) is 4. The molecular weight excluding hydrogens is 248 g/mol. The Kier molecular flexibility index (Phi) is 6.60. The first-order chi connectivity index (χ1) is 8.37. The predicted molar refractivity (Wildman–Crippen MR) is 76.6 cm³/mol. The van der Waals surface area contributed by atoms with Gasteiger partial charge in [0.25, 0.3) is 0 Å². The van der Waals surface area contributed by atoms with E-state index in [1.807, 2.05) is 0 Å². The summed E-state index contributed by atoms with van der Waals surface area (Å²) in [6.45, 7) is 9.35. The first-order valence-electron chi connectivity index (χ1n) is 6.97. The summed E-state index contributed by atoms with van der Waals surface area (Å²) in [6.07, 6.45) is 3.77. The van der Waals surface area contributed by atoms with Gasteiger partial charge in [0.1, 0.15) is 9.84 Å². The molecule has 0 radical (unpaired) electrons. The van der Waals surface area contributed by atoms with Gasteiger partial charge < -0.3 is 10.2 Å². The van der Waals surface area contributed by atoms with Crippen molar-refractivity contribution in [3.63, 3.8) is 0 Å². The van der Waals surface area contributed by atoms with E-state index < -0.39 is 9.84 Å². The van der Waals surface area contributed by atoms with E-state index in [1.54, 1.807) is 0 Å². The highest BCUT2D eigenvalue weighted by Crippen LogP contribution is 2.15. The zero-order valence-electron chi connectivity index (χ0n) is 12.0. The van der Waals surface area contributed by atoms with E-state index in [0.717, 1.165) is 26.2 Å². The lowest BCUT2D eigenvalue weighted by Crippen LogP contribution is -2.41. The molecule has 5 heteroatoms. The molecule has 0 bridgehead atoms. The monoisotopic (exact) mass is 276 g/mol. The summed E-state index contributed by atoms with van der Waals surface area (Å²) in [6, 6.07) is 0. The maximum atomic E-state index is 11.2. The molecule has 0 saturated carbocycles. The zero-order chi connectivity index (χ0) is 13.6. The Morgan fingerprint density at radius 2 is 2.11 bits per heavy atom. The summed E-state index contributed by atoms with van der Waals surface area (Å²) in [5, 5.41) is 3.50. The van der Waals surface area contributed by atoms with E-state index >= 15 is 0 Å². The fraction of sp³-hybridized carbons (Fsp3) is 1.00. The summed E-state index contributed by atoms with van der Waals surface area (Å²) in [7, 11) is -2.83. The maximum absolute atomic E-state index is 11.2. The molecule has 1 saturated heterocycles. The van der Waals surface area contributed by atoms with Gasteiger partial charge in [-0.05, 0) is 44.3 Å². The summed E-state index contributed by atoms with van der Waals surface area (Å²) in [4.78, 5) is 2.30. The number of hydrogen-bond donors (Lipinski definition) is 1. The van der Waals surface area contributed by atoms with Crippen molar-refractivity contribution in [2.45, 2.75) is 26.7 Å². The Morgan fingerprint density at radius 3 is 2.72 bits per heavy atom. The normalized spacial score (nSPS) is 22.6. The van der Waals surface area contributed by atoms with Gasteiger partial charge in [-0.2, -0.15) is 0 Å². The van der Waals surface area contributed by atoms with Crippen LogP contribution in [-0.4, -0.2) is 58.1 Å². The van der Waals surface area contributed by atoms with Crippen LogP contribution in [0.15, 0.2) is 0 Å². The van der Waals surface area contributed by atoms with Crippen molar-refractivity contribution in [1.29, 1.82) is 0 Å². The Hall–Kier alpha value is -0.130. The molecule has 108 valence electrons. The van der Waals surface area contributed by atoms with E-state index in [0.29, 0.717) is 24.1 Å². The minimum absolute atomic E-state index is 0.291. The Balaban J connectivity index is 2.23. The number of nitrogens with one attached hydrogen (secondary N) is 1. The fourth-order valence-electron chi connectivity index (χ4n) is 2.39. The summed E-state index contributed by atoms with van der Waals surface area (Å²) < 4.78 is 22.3. The van der Waals surface area contributed by atoms with Gasteiger partial charge in [0.2, 0.25) is 0 Å². The van der Waals surface area contributed by atoms with Crippen LogP contribution in [0.5, 0.6) is 0 Å². The van der Waals surface area contributed by atoms with E-state index in [9.17, 15) is 8.42 Å². The summed E-state index contributed by atoms with van der Waals surface area (Å²) >= 11 is 0. The van der Waals surface area contributed by atoms with E-state index in [-0.39, 0.29) is 0 Å². The number of nitrogens with zero attached hydrogens (tertiary/aromatic N) is 1.